The summed E-state index contributed by atoms with van der Waals surface area (Å²) in [5.41, 5.74) is 4.38. The van der Waals surface area contributed by atoms with E-state index < -0.39 is 29.6 Å². The SMILES string of the molecule is C=CCCC[C@H](NC(=O)c1ccc(C(F)(F)F)cc1)C(N)=O. The van der Waals surface area contributed by atoms with Crippen LogP contribution in [0.1, 0.15) is 35.2 Å². The van der Waals surface area contributed by atoms with E-state index in [9.17, 15) is 22.8 Å². The van der Waals surface area contributed by atoms with Crippen LogP contribution in [-0.2, 0) is 11.0 Å². The number of rotatable bonds is 7. The van der Waals surface area contributed by atoms with Crippen molar-refractivity contribution in [3.05, 3.63) is 48.0 Å². The summed E-state index contributed by atoms with van der Waals surface area (Å²) < 4.78 is 37.3. The minimum Gasteiger partial charge on any atom is -0.368 e. The molecule has 0 aromatic heterocycles. The number of amides is 2. The molecule has 1 aromatic carbocycles. The monoisotopic (exact) mass is 314 g/mol. The molecule has 0 saturated carbocycles. The van der Waals surface area contributed by atoms with Crippen molar-refractivity contribution in [3.8, 4) is 0 Å². The maximum Gasteiger partial charge on any atom is 0.416 e. The summed E-state index contributed by atoms with van der Waals surface area (Å²) in [6.07, 6.45) is -1.16. The molecule has 7 heteroatoms. The predicted molar refractivity (Wildman–Crippen MR) is 75.9 cm³/mol. The average Bonchev–Trinajstić information content (AvgIpc) is 2.45. The second kappa shape index (κ2) is 7.63. The van der Waals surface area contributed by atoms with E-state index in [1.54, 1.807) is 6.08 Å². The standard InChI is InChI=1S/C15H17F3N2O2/c1-2-3-4-5-12(13(19)21)20-14(22)10-6-8-11(9-7-10)15(16,17)18/h2,6-9,12H,1,3-5H2,(H2,19,21)(H,20,22)/t12-/m0/s1. The van der Waals surface area contributed by atoms with Gasteiger partial charge >= 0.3 is 6.18 Å². The van der Waals surface area contributed by atoms with E-state index >= 15 is 0 Å². The predicted octanol–water partition coefficient (Wildman–Crippen LogP) is 2.65. The van der Waals surface area contributed by atoms with Gasteiger partial charge in [0.25, 0.3) is 5.91 Å². The van der Waals surface area contributed by atoms with Crippen LogP contribution in [0.5, 0.6) is 0 Å². The second-order valence-electron chi connectivity index (χ2n) is 4.72. The van der Waals surface area contributed by atoms with Crippen molar-refractivity contribution in [2.75, 3.05) is 0 Å². The Morgan fingerprint density at radius 3 is 2.32 bits per heavy atom. The van der Waals surface area contributed by atoms with E-state index in [0.29, 0.717) is 19.3 Å². The number of primary amides is 1. The first-order chi connectivity index (χ1) is 10.3. The number of hydrogen-bond donors (Lipinski definition) is 2. The van der Waals surface area contributed by atoms with Crippen molar-refractivity contribution >= 4 is 11.8 Å². The molecule has 1 rings (SSSR count). The maximum atomic E-state index is 12.4. The molecule has 4 nitrogen and oxygen atoms in total. The van der Waals surface area contributed by atoms with Crippen LogP contribution in [0, 0.1) is 0 Å². The van der Waals surface area contributed by atoms with Crippen LogP contribution >= 0.6 is 0 Å². The van der Waals surface area contributed by atoms with Gasteiger partial charge in [-0.25, -0.2) is 0 Å². The third kappa shape index (κ3) is 5.23. The molecule has 0 aliphatic rings. The van der Waals surface area contributed by atoms with E-state index in [2.05, 4.69) is 11.9 Å². The average molecular weight is 314 g/mol. The molecular weight excluding hydrogens is 297 g/mol. The lowest BCUT2D eigenvalue weighted by molar-refractivity contribution is -0.137. The molecule has 0 bridgehead atoms. The zero-order valence-electron chi connectivity index (χ0n) is 11.8. The lowest BCUT2D eigenvalue weighted by Gasteiger charge is -2.15. The Balaban J connectivity index is 2.73. The van der Waals surface area contributed by atoms with Crippen LogP contribution in [0.25, 0.3) is 0 Å². The first kappa shape index (κ1) is 17.7. The Morgan fingerprint density at radius 1 is 1.27 bits per heavy atom. The minimum absolute atomic E-state index is 0.0305. The number of benzene rings is 1. The third-order valence-electron chi connectivity index (χ3n) is 3.02. The van der Waals surface area contributed by atoms with Crippen molar-refractivity contribution in [2.24, 2.45) is 5.73 Å². The third-order valence-corrected chi connectivity index (χ3v) is 3.02. The molecule has 22 heavy (non-hydrogen) atoms. The number of unbranched alkanes of at least 4 members (excludes halogenated alkanes) is 1. The molecule has 0 radical (unpaired) electrons. The van der Waals surface area contributed by atoms with Crippen LogP contribution in [-0.4, -0.2) is 17.9 Å². The Hall–Kier alpha value is -2.31. The van der Waals surface area contributed by atoms with Crippen molar-refractivity contribution < 1.29 is 22.8 Å². The van der Waals surface area contributed by atoms with Gasteiger partial charge in [-0.05, 0) is 43.5 Å². The van der Waals surface area contributed by atoms with Crippen LogP contribution in [0.3, 0.4) is 0 Å². The van der Waals surface area contributed by atoms with Gasteiger partial charge in [0, 0.05) is 5.56 Å². The van der Waals surface area contributed by atoms with Gasteiger partial charge in [0.2, 0.25) is 5.91 Å². The summed E-state index contributed by atoms with van der Waals surface area (Å²) in [5.74, 6) is -1.33. The molecule has 0 aliphatic carbocycles. The molecular formula is C15H17F3N2O2. The number of alkyl halides is 3. The molecule has 1 atom stereocenters. The Morgan fingerprint density at radius 2 is 1.86 bits per heavy atom. The van der Waals surface area contributed by atoms with Crippen LogP contribution in [0.15, 0.2) is 36.9 Å². The highest BCUT2D eigenvalue weighted by atomic mass is 19.4. The van der Waals surface area contributed by atoms with Gasteiger partial charge in [-0.15, -0.1) is 6.58 Å². The summed E-state index contributed by atoms with van der Waals surface area (Å²) in [5, 5.41) is 2.42. The summed E-state index contributed by atoms with van der Waals surface area (Å²) in [6, 6.07) is 2.87. The quantitative estimate of drug-likeness (QED) is 0.600. The molecule has 0 heterocycles. The maximum absolute atomic E-state index is 12.4. The zero-order valence-corrected chi connectivity index (χ0v) is 11.8. The molecule has 0 unspecified atom stereocenters. The topological polar surface area (TPSA) is 72.2 Å². The number of nitrogens with two attached hydrogens (primary N) is 1. The van der Waals surface area contributed by atoms with E-state index in [4.69, 9.17) is 5.73 Å². The summed E-state index contributed by atoms with van der Waals surface area (Å²) in [4.78, 5) is 23.2. The van der Waals surface area contributed by atoms with Crippen LogP contribution in [0.2, 0.25) is 0 Å². The second-order valence-corrected chi connectivity index (χ2v) is 4.72. The molecule has 3 N–H and O–H groups in total. The normalized spacial score (nSPS) is 12.5. The number of nitrogens with one attached hydrogen (secondary N) is 1. The highest BCUT2D eigenvalue weighted by Crippen LogP contribution is 2.29. The largest absolute Gasteiger partial charge is 0.416 e. The van der Waals surface area contributed by atoms with E-state index in [1.807, 2.05) is 0 Å². The molecule has 120 valence electrons. The van der Waals surface area contributed by atoms with Crippen molar-refractivity contribution in [3.63, 3.8) is 0 Å². The number of carbonyl (C=O) groups excluding carboxylic acids is 2. The van der Waals surface area contributed by atoms with Crippen molar-refractivity contribution in [1.82, 2.24) is 5.32 Å². The van der Waals surface area contributed by atoms with E-state index in [-0.39, 0.29) is 5.56 Å². The number of hydrogen-bond acceptors (Lipinski definition) is 2. The fourth-order valence-corrected chi connectivity index (χ4v) is 1.80. The Labute approximate surface area is 126 Å². The van der Waals surface area contributed by atoms with Crippen molar-refractivity contribution in [2.45, 2.75) is 31.5 Å². The van der Waals surface area contributed by atoms with E-state index in [0.717, 1.165) is 24.3 Å². The Bertz CT molecular complexity index is 539. The summed E-state index contributed by atoms with van der Waals surface area (Å²) in [7, 11) is 0. The lowest BCUT2D eigenvalue weighted by atomic mass is 10.1. The molecule has 0 saturated heterocycles. The van der Waals surface area contributed by atoms with Crippen molar-refractivity contribution in [1.29, 1.82) is 0 Å². The fraction of sp³-hybridized carbons (Fsp3) is 0.333. The van der Waals surface area contributed by atoms with E-state index in [1.165, 1.54) is 0 Å². The minimum atomic E-state index is -4.46. The lowest BCUT2D eigenvalue weighted by Crippen LogP contribution is -2.44. The van der Waals surface area contributed by atoms with Gasteiger partial charge in [-0.1, -0.05) is 6.08 Å². The van der Waals surface area contributed by atoms with Gasteiger partial charge in [0.05, 0.1) is 5.56 Å². The number of allylic oxidation sites excluding steroid dienone is 1. The van der Waals surface area contributed by atoms with Gasteiger partial charge in [-0.2, -0.15) is 13.2 Å². The number of halogens is 3. The molecule has 1 aromatic rings. The molecule has 0 aliphatic heterocycles. The summed E-state index contributed by atoms with van der Waals surface area (Å²) in [6.45, 7) is 3.54. The van der Waals surface area contributed by atoms with Crippen LogP contribution in [0.4, 0.5) is 13.2 Å². The number of carbonyl (C=O) groups is 2. The molecule has 0 spiro atoms. The Kier molecular flexibility index (Phi) is 6.15. The van der Waals surface area contributed by atoms with Gasteiger partial charge < -0.3 is 11.1 Å². The van der Waals surface area contributed by atoms with Gasteiger partial charge in [-0.3, -0.25) is 9.59 Å². The highest BCUT2D eigenvalue weighted by Gasteiger charge is 2.30. The zero-order chi connectivity index (χ0) is 16.8. The first-order valence-corrected chi connectivity index (χ1v) is 6.64. The highest BCUT2D eigenvalue weighted by molar-refractivity contribution is 5.97. The fourth-order valence-electron chi connectivity index (χ4n) is 1.80. The first-order valence-electron chi connectivity index (χ1n) is 6.64. The smallest absolute Gasteiger partial charge is 0.368 e. The van der Waals surface area contributed by atoms with Gasteiger partial charge in [0.15, 0.2) is 0 Å². The molecule has 2 amide bonds. The summed E-state index contributed by atoms with van der Waals surface area (Å²) >= 11 is 0. The van der Waals surface area contributed by atoms with Crippen LogP contribution < -0.4 is 11.1 Å². The molecule has 0 fully saturated rings. The van der Waals surface area contributed by atoms with Gasteiger partial charge in [0.1, 0.15) is 6.04 Å².